The van der Waals surface area contributed by atoms with Gasteiger partial charge in [0.15, 0.2) is 23.7 Å². The summed E-state index contributed by atoms with van der Waals surface area (Å²) < 4.78 is 48.2. The van der Waals surface area contributed by atoms with Crippen molar-refractivity contribution in [1.29, 1.82) is 0 Å². The molecule has 2 aliphatic carbocycles. The van der Waals surface area contributed by atoms with Crippen molar-refractivity contribution in [2.24, 2.45) is 5.92 Å². The molecule has 11 nitrogen and oxygen atoms in total. The number of likely N-dealkylation sites (N-methyl/N-ethyl adjacent to an activating group) is 1. The highest BCUT2D eigenvalue weighted by Gasteiger charge is 2.72. The lowest BCUT2D eigenvalue weighted by atomic mass is 9.50. The first-order valence-corrected chi connectivity index (χ1v) is 12.9. The average molecular weight is 586 g/mol. The summed E-state index contributed by atoms with van der Waals surface area (Å²) >= 11 is 0. The number of alkyl halides is 3. The van der Waals surface area contributed by atoms with Crippen LogP contribution >= 0.6 is 0 Å². The van der Waals surface area contributed by atoms with Crippen molar-refractivity contribution in [2.75, 3.05) is 13.6 Å². The van der Waals surface area contributed by atoms with Crippen molar-refractivity contribution >= 4 is 24.2 Å². The van der Waals surface area contributed by atoms with Gasteiger partial charge in [-0.15, -0.1) is 0 Å². The van der Waals surface area contributed by atoms with Crippen LogP contribution in [0.3, 0.4) is 0 Å². The molecular weight excluding hydrogens is 555 g/mol. The Balaban J connectivity index is 0.000000585. The van der Waals surface area contributed by atoms with E-state index in [4.69, 9.17) is 24.1 Å². The molecule has 6 atom stereocenters. The largest absolute Gasteiger partial charge is 0.504 e. The molecule has 41 heavy (non-hydrogen) atoms. The first-order chi connectivity index (χ1) is 19.1. The van der Waals surface area contributed by atoms with E-state index in [2.05, 4.69) is 4.90 Å². The molecule has 4 aliphatic rings. The monoisotopic (exact) mass is 585 g/mol. The lowest BCUT2D eigenvalue weighted by molar-refractivity contribution is -0.176. The molecule has 0 aromatic heterocycles. The first kappa shape index (κ1) is 30.3. The molecule has 1 aromatic carbocycles. The Kier molecular flexibility index (Phi) is 7.86. The van der Waals surface area contributed by atoms with E-state index < -0.39 is 59.5 Å². The van der Waals surface area contributed by atoms with Gasteiger partial charge in [0.2, 0.25) is 6.29 Å². The van der Waals surface area contributed by atoms with Crippen LogP contribution < -0.4 is 4.74 Å². The molecule has 1 spiro atoms. The fraction of sp³-hybridized carbons (Fsp3) is 0.556. The maximum atomic E-state index is 12.8. The molecule has 2 bridgehead atoms. The van der Waals surface area contributed by atoms with Crippen LogP contribution in [0.1, 0.15) is 44.2 Å². The van der Waals surface area contributed by atoms with Crippen LogP contribution in [-0.4, -0.2) is 88.0 Å². The summed E-state index contributed by atoms with van der Waals surface area (Å²) in [4.78, 5) is 46.7. The predicted molar refractivity (Wildman–Crippen MR) is 132 cm³/mol. The zero-order valence-corrected chi connectivity index (χ0v) is 22.4. The van der Waals surface area contributed by atoms with Crippen molar-refractivity contribution in [2.45, 2.75) is 75.0 Å². The summed E-state index contributed by atoms with van der Waals surface area (Å²) in [6.45, 7) is 3.42. The first-order valence-electron chi connectivity index (χ1n) is 12.9. The van der Waals surface area contributed by atoms with E-state index in [1.54, 1.807) is 12.1 Å². The number of piperidine rings is 1. The molecule has 3 N–H and O–H groups in total. The zero-order valence-electron chi connectivity index (χ0n) is 22.4. The van der Waals surface area contributed by atoms with Crippen LogP contribution in [0, 0.1) is 5.92 Å². The number of aliphatic carboxylic acids is 1. The SMILES string of the molecule is C[C@H](OC(=O)C[C@H](C)C(=O)O)C(=O)OC1=CC[C@@]2(O)[C@H]3Cc4ccc(O)c5c4[C@@]2(CCN3C)[C@H]1O5.O=CC(F)(F)F. The number of phenolic OH excluding ortho intramolecular Hbond substituents is 1. The van der Waals surface area contributed by atoms with Crippen molar-refractivity contribution in [3.63, 3.8) is 0 Å². The average Bonchev–Trinajstić information content (AvgIpc) is 3.25. The highest BCUT2D eigenvalue weighted by atomic mass is 19.4. The molecule has 1 saturated heterocycles. The number of ether oxygens (including phenoxy) is 3. The summed E-state index contributed by atoms with van der Waals surface area (Å²) in [7, 11) is 1.98. The van der Waals surface area contributed by atoms with Gasteiger partial charge in [-0.2, -0.15) is 13.2 Å². The van der Waals surface area contributed by atoms with Gasteiger partial charge in [-0.25, -0.2) is 4.79 Å². The van der Waals surface area contributed by atoms with Crippen LogP contribution in [0.15, 0.2) is 24.0 Å². The number of carboxylic acids is 1. The highest BCUT2D eigenvalue weighted by Crippen LogP contribution is 2.65. The third-order valence-corrected chi connectivity index (χ3v) is 8.24. The molecule has 5 rings (SSSR count). The quantitative estimate of drug-likeness (QED) is 0.331. The number of rotatable bonds is 6. The molecule has 2 heterocycles. The minimum atomic E-state index is -4.64. The summed E-state index contributed by atoms with van der Waals surface area (Å²) in [5.74, 6) is -3.26. The number of hydrogen-bond acceptors (Lipinski definition) is 10. The van der Waals surface area contributed by atoms with Gasteiger partial charge in [-0.05, 0) is 51.1 Å². The fourth-order valence-electron chi connectivity index (χ4n) is 6.27. The second-order valence-electron chi connectivity index (χ2n) is 10.8. The summed E-state index contributed by atoms with van der Waals surface area (Å²) in [6, 6.07) is 3.27. The van der Waals surface area contributed by atoms with Crippen LogP contribution in [-0.2, 0) is 40.5 Å². The maximum absolute atomic E-state index is 12.8. The molecule has 1 aromatic rings. The molecule has 14 heteroatoms. The number of aliphatic hydroxyl groups is 1. The van der Waals surface area contributed by atoms with Crippen LogP contribution in [0.2, 0.25) is 0 Å². The lowest BCUT2D eigenvalue weighted by Gasteiger charge is -2.61. The number of carbonyl (C=O) groups is 4. The van der Waals surface area contributed by atoms with Gasteiger partial charge >= 0.3 is 24.1 Å². The van der Waals surface area contributed by atoms with Gasteiger partial charge in [-0.1, -0.05) is 13.0 Å². The number of esters is 2. The number of aromatic hydroxyl groups is 1. The third-order valence-electron chi connectivity index (χ3n) is 8.24. The minimum absolute atomic E-state index is 0.0345. The van der Waals surface area contributed by atoms with E-state index in [1.165, 1.54) is 13.8 Å². The lowest BCUT2D eigenvalue weighted by Crippen LogP contribution is -2.74. The Hall–Kier alpha value is -3.65. The van der Waals surface area contributed by atoms with Gasteiger partial charge < -0.3 is 34.4 Å². The molecule has 0 saturated carbocycles. The molecule has 0 amide bonds. The van der Waals surface area contributed by atoms with Crippen LogP contribution in [0.4, 0.5) is 13.2 Å². The van der Waals surface area contributed by atoms with Crippen molar-refractivity contribution in [1.82, 2.24) is 4.90 Å². The number of aldehydes is 1. The van der Waals surface area contributed by atoms with Crippen molar-refractivity contribution in [3.8, 4) is 11.5 Å². The topological polar surface area (TPSA) is 160 Å². The number of carbonyl (C=O) groups excluding carboxylic acids is 3. The van der Waals surface area contributed by atoms with E-state index in [-0.39, 0.29) is 30.4 Å². The van der Waals surface area contributed by atoms with Gasteiger partial charge in [0.05, 0.1) is 23.4 Å². The number of benzene rings is 1. The summed E-state index contributed by atoms with van der Waals surface area (Å²) in [5.41, 5.74) is -0.313. The number of nitrogens with zero attached hydrogens (tertiary/aromatic N) is 1. The standard InChI is InChI=1S/C25H29NO9.C2HF3O/c1-12(22(29)30)10-18(28)33-13(2)23(31)34-16-6-7-25(32)17-11-14-4-5-15(27)20-19(14)24(25,21(16)35-20)8-9-26(17)3;3-2(4,5)1-6/h4-6,12-13,17,21,27,32H,7-11H2,1-3H3,(H,29,30);1H/t12-,13-,17+,21-,24-,25+;/m0./s1. The molecular formula is C27H30F3NO10. The van der Waals surface area contributed by atoms with Crippen molar-refractivity contribution in [3.05, 3.63) is 35.1 Å². The van der Waals surface area contributed by atoms with Gasteiger partial charge in [0, 0.05) is 18.0 Å². The zero-order chi connectivity index (χ0) is 30.5. The van der Waals surface area contributed by atoms with E-state index in [0.29, 0.717) is 25.1 Å². The molecule has 0 radical (unpaired) electrons. The Bertz CT molecular complexity index is 1300. The van der Waals surface area contributed by atoms with E-state index in [1.807, 2.05) is 13.1 Å². The normalized spacial score (nSPS) is 28.9. The number of carboxylic acid groups (broad SMARTS) is 1. The van der Waals surface area contributed by atoms with E-state index >= 15 is 0 Å². The predicted octanol–water partition coefficient (Wildman–Crippen LogP) is 2.00. The summed E-state index contributed by atoms with van der Waals surface area (Å²) in [5, 5.41) is 31.6. The minimum Gasteiger partial charge on any atom is -0.504 e. The number of likely N-dealkylation sites (tertiary alicyclic amines) is 1. The highest BCUT2D eigenvalue weighted by molar-refractivity contribution is 5.82. The maximum Gasteiger partial charge on any atom is 0.446 e. The van der Waals surface area contributed by atoms with Gasteiger partial charge in [0.1, 0.15) is 5.76 Å². The molecule has 0 unspecified atom stereocenters. The van der Waals surface area contributed by atoms with Gasteiger partial charge in [0.25, 0.3) is 0 Å². The van der Waals surface area contributed by atoms with E-state index in [9.17, 15) is 37.8 Å². The molecule has 224 valence electrons. The van der Waals surface area contributed by atoms with Gasteiger partial charge in [-0.3, -0.25) is 14.4 Å². The number of halogens is 3. The number of hydrogen-bond donors (Lipinski definition) is 3. The Morgan fingerprint density at radius 3 is 2.54 bits per heavy atom. The third kappa shape index (κ3) is 5.14. The Morgan fingerprint density at radius 1 is 1.27 bits per heavy atom. The Morgan fingerprint density at radius 2 is 1.93 bits per heavy atom. The Labute approximate surface area is 232 Å². The smallest absolute Gasteiger partial charge is 0.446 e. The molecule has 2 aliphatic heterocycles. The fourth-order valence-corrected chi connectivity index (χ4v) is 6.27. The van der Waals surface area contributed by atoms with Crippen LogP contribution in [0.5, 0.6) is 11.5 Å². The van der Waals surface area contributed by atoms with Crippen molar-refractivity contribution < 1.29 is 61.9 Å². The summed E-state index contributed by atoms with van der Waals surface area (Å²) in [6.07, 6.45) is -5.16. The second-order valence-corrected chi connectivity index (χ2v) is 10.8. The van der Waals surface area contributed by atoms with Crippen LogP contribution in [0.25, 0.3) is 0 Å². The van der Waals surface area contributed by atoms with E-state index in [0.717, 1.165) is 11.1 Å². The molecule has 1 fully saturated rings. The second kappa shape index (κ2) is 10.6. The number of phenols is 1.